The Hall–Kier alpha value is -2.80. The summed E-state index contributed by atoms with van der Waals surface area (Å²) in [6.07, 6.45) is 3.04. The van der Waals surface area contributed by atoms with Gasteiger partial charge in [0.05, 0.1) is 6.61 Å². The lowest BCUT2D eigenvalue weighted by Crippen LogP contribution is -2.34. The fourth-order valence-corrected chi connectivity index (χ4v) is 4.56. The molecule has 1 aromatic heterocycles. The molecule has 0 N–H and O–H groups in total. The zero-order valence-electron chi connectivity index (χ0n) is 18.6. The van der Waals surface area contributed by atoms with E-state index in [1.807, 2.05) is 24.0 Å². The summed E-state index contributed by atoms with van der Waals surface area (Å²) < 4.78 is 19.1. The van der Waals surface area contributed by atoms with E-state index in [1.165, 1.54) is 6.07 Å². The second-order valence-electron chi connectivity index (χ2n) is 8.71. The largest absolute Gasteiger partial charge is 0.370 e. The molecule has 2 fully saturated rings. The first-order valence-electron chi connectivity index (χ1n) is 11.3. The number of nitrogens with zero attached hydrogens (tertiary/aromatic N) is 3. The van der Waals surface area contributed by atoms with Gasteiger partial charge in [0.2, 0.25) is 11.8 Å². The molecular weight excluding hydrogens is 409 g/mol. The Balaban J connectivity index is 1.29. The van der Waals surface area contributed by atoms with Crippen LogP contribution in [0, 0.1) is 12.7 Å². The van der Waals surface area contributed by atoms with E-state index in [0.717, 1.165) is 41.9 Å². The molecule has 0 spiro atoms. The molecule has 32 heavy (non-hydrogen) atoms. The van der Waals surface area contributed by atoms with E-state index in [9.17, 15) is 14.0 Å². The number of aromatic nitrogens is 1. The summed E-state index contributed by atoms with van der Waals surface area (Å²) in [5.74, 6) is 0.109. The number of amides is 2. The first-order valence-corrected chi connectivity index (χ1v) is 11.3. The minimum atomic E-state index is -0.229. The first-order chi connectivity index (χ1) is 15.5. The van der Waals surface area contributed by atoms with Gasteiger partial charge in [-0.25, -0.2) is 4.39 Å². The number of hydrogen-bond donors (Lipinski definition) is 0. The van der Waals surface area contributed by atoms with E-state index >= 15 is 0 Å². The standard InChI is InChI=1S/C25H30FN3O3/c1-18-12-20(13-19-4-2-5-22(26)14-19)15-23(27-18)21-7-9-29(16-21)25(31)17-32-11-10-28-8-3-6-24(28)30/h2,4-5,12,14-15,21H,3,6-11,13,16-17H2,1H3/t21-/m1/s1. The highest BCUT2D eigenvalue weighted by molar-refractivity contribution is 5.78. The second-order valence-corrected chi connectivity index (χ2v) is 8.71. The molecule has 0 unspecified atom stereocenters. The number of halogens is 1. The van der Waals surface area contributed by atoms with Crippen molar-refractivity contribution in [1.29, 1.82) is 0 Å². The third-order valence-corrected chi connectivity index (χ3v) is 6.19. The van der Waals surface area contributed by atoms with E-state index in [2.05, 4.69) is 6.07 Å². The average molecular weight is 440 g/mol. The molecule has 1 atom stereocenters. The van der Waals surface area contributed by atoms with Crippen molar-refractivity contribution in [3.05, 3.63) is 64.7 Å². The van der Waals surface area contributed by atoms with Gasteiger partial charge in [-0.05, 0) is 61.6 Å². The minimum absolute atomic E-state index is 0.0205. The molecule has 1 aromatic carbocycles. The average Bonchev–Trinajstić information content (AvgIpc) is 3.40. The highest BCUT2D eigenvalue weighted by Crippen LogP contribution is 2.27. The van der Waals surface area contributed by atoms with Crippen LogP contribution in [0.5, 0.6) is 0 Å². The van der Waals surface area contributed by atoms with Crippen LogP contribution in [-0.2, 0) is 20.7 Å². The molecule has 0 aliphatic carbocycles. The van der Waals surface area contributed by atoms with Crippen molar-refractivity contribution in [2.75, 3.05) is 39.4 Å². The number of hydrogen-bond acceptors (Lipinski definition) is 4. The molecule has 6 nitrogen and oxygen atoms in total. The Bertz CT molecular complexity index is 981. The number of benzene rings is 1. The van der Waals surface area contributed by atoms with Gasteiger partial charge >= 0.3 is 0 Å². The maximum absolute atomic E-state index is 13.5. The van der Waals surface area contributed by atoms with Crippen LogP contribution in [0.2, 0.25) is 0 Å². The molecule has 2 aliphatic heterocycles. The number of ether oxygens (including phenoxy) is 1. The summed E-state index contributed by atoms with van der Waals surface area (Å²) in [6.45, 7) is 5.05. The number of likely N-dealkylation sites (tertiary alicyclic amines) is 2. The first kappa shape index (κ1) is 22.4. The van der Waals surface area contributed by atoms with E-state index in [0.29, 0.717) is 39.1 Å². The van der Waals surface area contributed by atoms with Crippen molar-refractivity contribution < 1.29 is 18.7 Å². The van der Waals surface area contributed by atoms with Gasteiger partial charge in [0, 0.05) is 49.9 Å². The van der Waals surface area contributed by atoms with Gasteiger partial charge in [0.15, 0.2) is 0 Å². The van der Waals surface area contributed by atoms with Crippen LogP contribution in [0.3, 0.4) is 0 Å². The highest BCUT2D eigenvalue weighted by Gasteiger charge is 2.28. The number of pyridine rings is 1. The maximum Gasteiger partial charge on any atom is 0.248 e. The van der Waals surface area contributed by atoms with E-state index < -0.39 is 0 Å². The van der Waals surface area contributed by atoms with Crippen LogP contribution >= 0.6 is 0 Å². The van der Waals surface area contributed by atoms with Crippen molar-refractivity contribution in [2.45, 2.75) is 38.5 Å². The predicted molar refractivity (Wildman–Crippen MR) is 119 cm³/mol. The molecular formula is C25H30FN3O3. The summed E-state index contributed by atoms with van der Waals surface area (Å²) in [4.78, 5) is 32.5. The molecule has 0 saturated carbocycles. The quantitative estimate of drug-likeness (QED) is 0.593. The maximum atomic E-state index is 13.5. The van der Waals surface area contributed by atoms with Crippen LogP contribution in [0.1, 0.15) is 47.7 Å². The molecule has 0 bridgehead atoms. The van der Waals surface area contributed by atoms with Crippen molar-refractivity contribution in [2.24, 2.45) is 0 Å². The topological polar surface area (TPSA) is 62.7 Å². The van der Waals surface area contributed by atoms with E-state index in [1.54, 1.807) is 17.0 Å². The van der Waals surface area contributed by atoms with Gasteiger partial charge in [-0.15, -0.1) is 0 Å². The Labute approximate surface area is 188 Å². The second kappa shape index (κ2) is 10.2. The van der Waals surface area contributed by atoms with Crippen molar-refractivity contribution >= 4 is 11.8 Å². The Kier molecular flexibility index (Phi) is 7.15. The number of carbonyl (C=O) groups is 2. The molecule has 0 radical (unpaired) electrons. The number of aryl methyl sites for hydroxylation is 1. The van der Waals surface area contributed by atoms with Crippen LogP contribution in [0.4, 0.5) is 4.39 Å². The normalized spacial score (nSPS) is 18.6. The van der Waals surface area contributed by atoms with Crippen LogP contribution < -0.4 is 0 Å². The molecule has 170 valence electrons. The molecule has 2 amide bonds. The summed E-state index contributed by atoms with van der Waals surface area (Å²) in [5, 5.41) is 0. The van der Waals surface area contributed by atoms with Crippen LogP contribution in [-0.4, -0.2) is 66.0 Å². The van der Waals surface area contributed by atoms with Gasteiger partial charge in [-0.1, -0.05) is 12.1 Å². The number of carbonyl (C=O) groups excluding carboxylic acids is 2. The van der Waals surface area contributed by atoms with Gasteiger partial charge in [-0.2, -0.15) is 0 Å². The minimum Gasteiger partial charge on any atom is -0.370 e. The summed E-state index contributed by atoms with van der Waals surface area (Å²) in [6, 6.07) is 10.8. The third-order valence-electron chi connectivity index (χ3n) is 6.19. The molecule has 3 heterocycles. The van der Waals surface area contributed by atoms with Crippen molar-refractivity contribution in [1.82, 2.24) is 14.8 Å². The molecule has 2 saturated heterocycles. The summed E-state index contributed by atoms with van der Waals surface area (Å²) in [5.41, 5.74) is 3.94. The molecule has 2 aromatic rings. The lowest BCUT2D eigenvalue weighted by molar-refractivity contribution is -0.135. The van der Waals surface area contributed by atoms with Gasteiger partial charge < -0.3 is 14.5 Å². The fraction of sp³-hybridized carbons (Fsp3) is 0.480. The summed E-state index contributed by atoms with van der Waals surface area (Å²) >= 11 is 0. The molecule has 4 rings (SSSR count). The van der Waals surface area contributed by atoms with Gasteiger partial charge in [-0.3, -0.25) is 14.6 Å². The van der Waals surface area contributed by atoms with Gasteiger partial charge in [0.25, 0.3) is 0 Å². The van der Waals surface area contributed by atoms with E-state index in [-0.39, 0.29) is 30.2 Å². The smallest absolute Gasteiger partial charge is 0.248 e. The monoisotopic (exact) mass is 439 g/mol. The lowest BCUT2D eigenvalue weighted by atomic mass is 9.98. The Morgan fingerprint density at radius 1 is 1.22 bits per heavy atom. The molecule has 2 aliphatic rings. The third kappa shape index (κ3) is 5.71. The van der Waals surface area contributed by atoms with Gasteiger partial charge in [0.1, 0.15) is 12.4 Å². The number of rotatable bonds is 8. The highest BCUT2D eigenvalue weighted by atomic mass is 19.1. The van der Waals surface area contributed by atoms with E-state index in [4.69, 9.17) is 9.72 Å². The van der Waals surface area contributed by atoms with Crippen LogP contribution in [0.25, 0.3) is 0 Å². The molecule has 7 heteroatoms. The fourth-order valence-electron chi connectivity index (χ4n) is 4.56. The predicted octanol–water partition coefficient (Wildman–Crippen LogP) is 3.07. The van der Waals surface area contributed by atoms with Crippen molar-refractivity contribution in [3.63, 3.8) is 0 Å². The lowest BCUT2D eigenvalue weighted by Gasteiger charge is -2.18. The zero-order chi connectivity index (χ0) is 22.5. The summed E-state index contributed by atoms with van der Waals surface area (Å²) in [7, 11) is 0. The Morgan fingerprint density at radius 2 is 2.09 bits per heavy atom. The zero-order valence-corrected chi connectivity index (χ0v) is 18.6. The SMILES string of the molecule is Cc1cc(Cc2cccc(F)c2)cc([C@@H]2CCN(C(=O)COCCN3CCCC3=O)C2)n1. The van der Waals surface area contributed by atoms with Crippen molar-refractivity contribution in [3.8, 4) is 0 Å². The Morgan fingerprint density at radius 3 is 2.88 bits per heavy atom. The van der Waals surface area contributed by atoms with Crippen LogP contribution in [0.15, 0.2) is 36.4 Å².